The van der Waals surface area contributed by atoms with E-state index in [1.165, 1.54) is 0 Å². The third kappa shape index (κ3) is 4.04. The zero-order chi connectivity index (χ0) is 15.0. The third-order valence-corrected chi connectivity index (χ3v) is 3.95. The number of benzene rings is 1. The molecule has 0 saturated carbocycles. The molecule has 0 saturated heterocycles. The van der Waals surface area contributed by atoms with Gasteiger partial charge in [-0.25, -0.2) is 0 Å². The Morgan fingerprint density at radius 1 is 1.20 bits per heavy atom. The molecule has 1 aromatic rings. The van der Waals surface area contributed by atoms with E-state index in [2.05, 4.69) is 5.32 Å². The first-order valence-electron chi connectivity index (χ1n) is 7.19. The predicted octanol–water partition coefficient (Wildman–Crippen LogP) is 3.18. The first kappa shape index (κ1) is 16.6. The van der Waals surface area contributed by atoms with Crippen LogP contribution in [-0.2, 0) is 11.3 Å². The van der Waals surface area contributed by atoms with Crippen LogP contribution in [0.2, 0.25) is 0 Å². The van der Waals surface area contributed by atoms with Gasteiger partial charge in [0, 0.05) is 6.54 Å². The molecule has 1 amide bonds. The van der Waals surface area contributed by atoms with E-state index in [9.17, 15) is 4.79 Å². The molecule has 0 unspecified atom stereocenters. The monoisotopic (exact) mass is 292 g/mol. The van der Waals surface area contributed by atoms with Gasteiger partial charge in [-0.3, -0.25) is 4.79 Å². The Bertz CT molecular complexity index is 439. The van der Waals surface area contributed by atoms with Crippen molar-refractivity contribution >= 4 is 23.1 Å². The van der Waals surface area contributed by atoms with Crippen LogP contribution in [0, 0.1) is 5.41 Å². The Morgan fingerprint density at radius 3 is 2.20 bits per heavy atom. The molecule has 0 radical (unpaired) electrons. The van der Waals surface area contributed by atoms with Gasteiger partial charge in [0.25, 0.3) is 0 Å². The summed E-state index contributed by atoms with van der Waals surface area (Å²) in [5.74, 6) is -0.0439. The molecule has 0 aliphatic rings. The van der Waals surface area contributed by atoms with E-state index >= 15 is 0 Å². The molecular formula is C16H24N2OS. The van der Waals surface area contributed by atoms with Gasteiger partial charge in [0.2, 0.25) is 5.91 Å². The standard InChI is InChI=1S/C16H24N2OS/c1-3-10-16(11-4-2,14(17)20)15(19)18-12-13-8-6-5-7-9-13/h5-9H,3-4,10-12H2,1-2H3,(H2,17,20)(H,18,19). The zero-order valence-corrected chi connectivity index (χ0v) is 13.1. The number of thiocarbonyl (C=S) groups is 1. The number of carbonyl (C=O) groups is 1. The molecule has 0 aromatic heterocycles. The summed E-state index contributed by atoms with van der Waals surface area (Å²) in [6.07, 6.45) is 3.18. The lowest BCUT2D eigenvalue weighted by molar-refractivity contribution is -0.128. The van der Waals surface area contributed by atoms with Crippen LogP contribution in [0.15, 0.2) is 30.3 Å². The van der Waals surface area contributed by atoms with E-state index in [4.69, 9.17) is 18.0 Å². The molecular weight excluding hydrogens is 268 g/mol. The second-order valence-corrected chi connectivity index (χ2v) is 5.55. The lowest BCUT2D eigenvalue weighted by Crippen LogP contribution is -2.48. The van der Waals surface area contributed by atoms with Gasteiger partial charge >= 0.3 is 0 Å². The summed E-state index contributed by atoms with van der Waals surface area (Å²) in [6, 6.07) is 9.85. The number of nitrogens with two attached hydrogens (primary N) is 1. The van der Waals surface area contributed by atoms with Gasteiger partial charge in [0.1, 0.15) is 0 Å². The van der Waals surface area contributed by atoms with E-state index < -0.39 is 5.41 Å². The molecule has 1 aromatic carbocycles. The van der Waals surface area contributed by atoms with Crippen LogP contribution in [0.3, 0.4) is 0 Å². The topological polar surface area (TPSA) is 55.1 Å². The van der Waals surface area contributed by atoms with Crippen molar-refractivity contribution in [3.8, 4) is 0 Å². The van der Waals surface area contributed by atoms with Crippen LogP contribution < -0.4 is 11.1 Å². The fourth-order valence-electron chi connectivity index (χ4n) is 2.51. The van der Waals surface area contributed by atoms with E-state index in [1.54, 1.807) is 0 Å². The number of hydrogen-bond donors (Lipinski definition) is 2. The smallest absolute Gasteiger partial charge is 0.233 e. The Balaban J connectivity index is 2.80. The highest BCUT2D eigenvalue weighted by atomic mass is 32.1. The van der Waals surface area contributed by atoms with Gasteiger partial charge in [-0.15, -0.1) is 0 Å². The van der Waals surface area contributed by atoms with Crippen molar-refractivity contribution in [3.05, 3.63) is 35.9 Å². The highest BCUT2D eigenvalue weighted by Gasteiger charge is 2.39. The molecule has 0 spiro atoms. The van der Waals surface area contributed by atoms with Crippen molar-refractivity contribution in [1.82, 2.24) is 5.32 Å². The molecule has 0 heterocycles. The summed E-state index contributed by atoms with van der Waals surface area (Å²) in [5, 5.41) is 2.98. The van der Waals surface area contributed by atoms with Crippen molar-refractivity contribution in [1.29, 1.82) is 0 Å². The first-order chi connectivity index (χ1) is 9.56. The zero-order valence-electron chi connectivity index (χ0n) is 12.3. The highest BCUT2D eigenvalue weighted by molar-refractivity contribution is 7.80. The van der Waals surface area contributed by atoms with Gasteiger partial charge in [-0.2, -0.15) is 0 Å². The molecule has 3 N–H and O–H groups in total. The summed E-state index contributed by atoms with van der Waals surface area (Å²) in [5.41, 5.74) is 6.26. The van der Waals surface area contributed by atoms with Gasteiger partial charge in [-0.05, 0) is 18.4 Å². The molecule has 0 atom stereocenters. The third-order valence-electron chi connectivity index (χ3n) is 3.56. The summed E-state index contributed by atoms with van der Waals surface area (Å²) in [6.45, 7) is 4.61. The Labute approximate surface area is 126 Å². The van der Waals surface area contributed by atoms with Crippen molar-refractivity contribution in [2.45, 2.75) is 46.1 Å². The summed E-state index contributed by atoms with van der Waals surface area (Å²) >= 11 is 5.18. The molecule has 1 rings (SSSR count). The maximum absolute atomic E-state index is 12.6. The first-order valence-corrected chi connectivity index (χ1v) is 7.59. The van der Waals surface area contributed by atoms with E-state index in [0.717, 1.165) is 18.4 Å². The van der Waals surface area contributed by atoms with Crippen molar-refractivity contribution in [2.24, 2.45) is 11.1 Å². The molecule has 0 aliphatic carbocycles. The van der Waals surface area contributed by atoms with Crippen molar-refractivity contribution in [2.75, 3.05) is 0 Å². The van der Waals surface area contributed by atoms with Crippen LogP contribution in [0.4, 0.5) is 0 Å². The lowest BCUT2D eigenvalue weighted by Gasteiger charge is -2.31. The average Bonchev–Trinajstić information content (AvgIpc) is 2.45. The SMILES string of the molecule is CCCC(CCC)(C(=O)NCc1ccccc1)C(N)=S. The van der Waals surface area contributed by atoms with Crippen molar-refractivity contribution in [3.63, 3.8) is 0 Å². The van der Waals surface area contributed by atoms with Crippen LogP contribution >= 0.6 is 12.2 Å². The highest BCUT2D eigenvalue weighted by Crippen LogP contribution is 2.31. The second-order valence-electron chi connectivity index (χ2n) is 5.11. The summed E-state index contributed by atoms with van der Waals surface area (Å²) < 4.78 is 0. The normalized spacial score (nSPS) is 11.1. The largest absolute Gasteiger partial charge is 0.392 e. The number of nitrogens with one attached hydrogen (secondary N) is 1. The fourth-order valence-corrected chi connectivity index (χ4v) is 2.81. The van der Waals surface area contributed by atoms with E-state index in [-0.39, 0.29) is 5.91 Å². The number of hydrogen-bond acceptors (Lipinski definition) is 2. The van der Waals surface area contributed by atoms with Crippen LogP contribution in [0.25, 0.3) is 0 Å². The summed E-state index contributed by atoms with van der Waals surface area (Å²) in [7, 11) is 0. The minimum Gasteiger partial charge on any atom is -0.392 e. The Morgan fingerprint density at radius 2 is 1.75 bits per heavy atom. The Hall–Kier alpha value is -1.42. The second kappa shape index (κ2) is 8.00. The van der Waals surface area contributed by atoms with Gasteiger partial charge in [-0.1, -0.05) is 69.2 Å². The van der Waals surface area contributed by atoms with Crippen molar-refractivity contribution < 1.29 is 4.79 Å². The number of rotatable bonds is 8. The number of carbonyl (C=O) groups excluding carboxylic acids is 1. The summed E-state index contributed by atoms with van der Waals surface area (Å²) in [4.78, 5) is 12.9. The number of amides is 1. The van der Waals surface area contributed by atoms with Crippen LogP contribution in [-0.4, -0.2) is 10.9 Å². The van der Waals surface area contributed by atoms with Gasteiger partial charge < -0.3 is 11.1 Å². The minimum absolute atomic E-state index is 0.0439. The maximum Gasteiger partial charge on any atom is 0.233 e. The Kier molecular flexibility index (Phi) is 6.65. The molecule has 20 heavy (non-hydrogen) atoms. The van der Waals surface area contributed by atoms with E-state index in [1.807, 2.05) is 44.2 Å². The maximum atomic E-state index is 12.6. The average molecular weight is 292 g/mol. The quantitative estimate of drug-likeness (QED) is 0.724. The molecule has 0 aliphatic heterocycles. The molecule has 0 bridgehead atoms. The molecule has 4 heteroatoms. The fraction of sp³-hybridized carbons (Fsp3) is 0.500. The van der Waals surface area contributed by atoms with Crippen LogP contribution in [0.5, 0.6) is 0 Å². The molecule has 0 fully saturated rings. The van der Waals surface area contributed by atoms with E-state index in [0.29, 0.717) is 24.4 Å². The molecule has 3 nitrogen and oxygen atoms in total. The van der Waals surface area contributed by atoms with Gasteiger partial charge in [0.15, 0.2) is 0 Å². The lowest BCUT2D eigenvalue weighted by atomic mass is 9.78. The van der Waals surface area contributed by atoms with Crippen LogP contribution in [0.1, 0.15) is 45.1 Å². The minimum atomic E-state index is -0.701. The van der Waals surface area contributed by atoms with Gasteiger partial charge in [0.05, 0.1) is 10.4 Å². The molecule has 110 valence electrons. The predicted molar refractivity (Wildman–Crippen MR) is 87.3 cm³/mol.